The number of benzene rings is 3. The van der Waals surface area contributed by atoms with Crippen molar-refractivity contribution >= 4 is 34.9 Å². The Morgan fingerprint density at radius 3 is 2.25 bits per heavy atom. The minimum Gasteiger partial charge on any atom is -0.478 e. The van der Waals surface area contributed by atoms with Crippen molar-refractivity contribution in [3.05, 3.63) is 104 Å². The van der Waals surface area contributed by atoms with Gasteiger partial charge in [0.2, 0.25) is 0 Å². The molecule has 3 aromatic rings. The lowest BCUT2D eigenvalue weighted by Crippen LogP contribution is -2.30. The molecule has 158 valence electrons. The molecule has 0 unspecified atom stereocenters. The van der Waals surface area contributed by atoms with Gasteiger partial charge in [-0.15, -0.1) is 0 Å². The van der Waals surface area contributed by atoms with Crippen LogP contribution in [0.4, 0.5) is 11.4 Å². The van der Waals surface area contributed by atoms with Crippen molar-refractivity contribution in [3.8, 4) is 0 Å². The average molecular weight is 430 g/mol. The molecule has 0 fully saturated rings. The third kappa shape index (κ3) is 3.21. The minimum atomic E-state index is -1.19. The Hall–Kier alpha value is -4.66. The molecule has 9 heteroatoms. The maximum atomic E-state index is 13.1. The maximum absolute atomic E-state index is 13.1. The van der Waals surface area contributed by atoms with Crippen LogP contribution in [-0.4, -0.2) is 33.6 Å². The second-order valence-corrected chi connectivity index (χ2v) is 7.10. The van der Waals surface area contributed by atoms with Gasteiger partial charge in [0.05, 0.1) is 27.3 Å². The molecular formula is C23H14N2O7. The molecule has 0 saturated carbocycles. The summed E-state index contributed by atoms with van der Waals surface area (Å²) in [5.41, 5.74) is 0.326. The summed E-state index contributed by atoms with van der Waals surface area (Å²) in [5, 5.41) is 20.3. The van der Waals surface area contributed by atoms with Crippen molar-refractivity contribution in [1.29, 1.82) is 0 Å². The second kappa shape index (κ2) is 7.55. The van der Waals surface area contributed by atoms with Gasteiger partial charge >= 0.3 is 5.97 Å². The van der Waals surface area contributed by atoms with E-state index in [0.29, 0.717) is 0 Å². The Labute approximate surface area is 180 Å². The first kappa shape index (κ1) is 20.6. The third-order valence-electron chi connectivity index (χ3n) is 5.24. The SMILES string of the molecule is Cc1c(C(=O)O)cccc1N1C(=O)c2ccc(C(=O)c3cccc([N+](=O)[O-])c3)cc2C1=O. The smallest absolute Gasteiger partial charge is 0.336 e. The van der Waals surface area contributed by atoms with Crippen LogP contribution in [-0.2, 0) is 0 Å². The van der Waals surface area contributed by atoms with Crippen LogP contribution in [0.1, 0.15) is 52.6 Å². The van der Waals surface area contributed by atoms with E-state index < -0.39 is 28.5 Å². The molecule has 3 aromatic carbocycles. The van der Waals surface area contributed by atoms with Crippen molar-refractivity contribution in [2.75, 3.05) is 4.90 Å². The van der Waals surface area contributed by atoms with Crippen LogP contribution in [0.15, 0.2) is 60.7 Å². The molecule has 1 N–H and O–H groups in total. The topological polar surface area (TPSA) is 135 Å². The number of ketones is 1. The molecule has 0 saturated heterocycles. The number of non-ortho nitro benzene ring substituents is 1. The summed E-state index contributed by atoms with van der Waals surface area (Å²) in [5.74, 6) is -3.06. The zero-order valence-electron chi connectivity index (χ0n) is 16.6. The molecule has 32 heavy (non-hydrogen) atoms. The number of fused-ring (bicyclic) bond motifs is 1. The number of carbonyl (C=O) groups is 4. The van der Waals surface area contributed by atoms with E-state index in [1.165, 1.54) is 61.5 Å². The second-order valence-electron chi connectivity index (χ2n) is 7.10. The van der Waals surface area contributed by atoms with Crippen LogP contribution in [0.5, 0.6) is 0 Å². The molecule has 9 nitrogen and oxygen atoms in total. The van der Waals surface area contributed by atoms with E-state index in [9.17, 15) is 34.4 Å². The van der Waals surface area contributed by atoms with E-state index in [0.717, 1.165) is 11.0 Å². The Bertz CT molecular complexity index is 1360. The van der Waals surface area contributed by atoms with Crippen LogP contribution >= 0.6 is 0 Å². The molecule has 2 amide bonds. The summed E-state index contributed by atoms with van der Waals surface area (Å²) in [6, 6.07) is 13.5. The average Bonchev–Trinajstić information content (AvgIpc) is 3.03. The van der Waals surface area contributed by atoms with Crippen molar-refractivity contribution in [2.24, 2.45) is 0 Å². The van der Waals surface area contributed by atoms with E-state index in [2.05, 4.69) is 0 Å². The molecule has 1 aliphatic rings. The van der Waals surface area contributed by atoms with Gasteiger partial charge in [-0.2, -0.15) is 0 Å². The van der Waals surface area contributed by atoms with Gasteiger partial charge in [0.1, 0.15) is 0 Å². The van der Waals surface area contributed by atoms with Gasteiger partial charge in [-0.25, -0.2) is 9.69 Å². The molecule has 1 heterocycles. The normalized spacial score (nSPS) is 12.6. The van der Waals surface area contributed by atoms with Gasteiger partial charge in [-0.1, -0.05) is 24.3 Å². The summed E-state index contributed by atoms with van der Waals surface area (Å²) in [6.07, 6.45) is 0. The standard InChI is InChI=1S/C23H14N2O7/c1-12-16(23(29)30)6-3-7-19(12)24-21(27)17-9-8-14(11-18(17)22(24)28)20(26)13-4-2-5-15(10-13)25(31)32/h2-11H,1H3,(H,29,30). The van der Waals surface area contributed by atoms with E-state index in [1.807, 2.05) is 0 Å². The first-order valence-corrected chi connectivity index (χ1v) is 9.35. The number of carboxylic acid groups (broad SMARTS) is 1. The molecular weight excluding hydrogens is 416 g/mol. The summed E-state index contributed by atoms with van der Waals surface area (Å²) in [6.45, 7) is 1.50. The number of aromatic carboxylic acids is 1. The number of carbonyl (C=O) groups excluding carboxylic acids is 3. The van der Waals surface area contributed by atoms with E-state index >= 15 is 0 Å². The molecule has 1 aliphatic heterocycles. The van der Waals surface area contributed by atoms with Crippen molar-refractivity contribution in [1.82, 2.24) is 0 Å². The highest BCUT2D eigenvalue weighted by atomic mass is 16.6. The summed E-state index contributed by atoms with van der Waals surface area (Å²) < 4.78 is 0. The quantitative estimate of drug-likeness (QED) is 0.283. The van der Waals surface area contributed by atoms with Gasteiger partial charge in [-0.3, -0.25) is 24.5 Å². The van der Waals surface area contributed by atoms with Crippen molar-refractivity contribution in [3.63, 3.8) is 0 Å². The van der Waals surface area contributed by atoms with Gasteiger partial charge in [-0.05, 0) is 36.8 Å². The first-order valence-electron chi connectivity index (χ1n) is 9.35. The van der Waals surface area contributed by atoms with Crippen LogP contribution in [0, 0.1) is 17.0 Å². The molecule has 0 atom stereocenters. The fraction of sp³-hybridized carbons (Fsp3) is 0.0435. The molecule has 0 spiro atoms. The lowest BCUT2D eigenvalue weighted by atomic mass is 9.99. The largest absolute Gasteiger partial charge is 0.478 e. The monoisotopic (exact) mass is 430 g/mol. The zero-order valence-corrected chi connectivity index (χ0v) is 16.6. The highest BCUT2D eigenvalue weighted by Gasteiger charge is 2.38. The lowest BCUT2D eigenvalue weighted by Gasteiger charge is -2.17. The van der Waals surface area contributed by atoms with Gasteiger partial charge in [0.15, 0.2) is 5.78 Å². The number of anilines is 1. The molecule has 0 radical (unpaired) electrons. The fourth-order valence-electron chi connectivity index (χ4n) is 3.63. The molecule has 0 aliphatic carbocycles. The lowest BCUT2D eigenvalue weighted by molar-refractivity contribution is -0.384. The number of nitro benzene ring substituents is 1. The van der Waals surface area contributed by atoms with Crippen LogP contribution in [0.25, 0.3) is 0 Å². The van der Waals surface area contributed by atoms with Crippen LogP contribution in [0.3, 0.4) is 0 Å². The zero-order chi connectivity index (χ0) is 23.2. The Morgan fingerprint density at radius 2 is 1.56 bits per heavy atom. The predicted molar refractivity (Wildman–Crippen MR) is 112 cm³/mol. The van der Waals surface area contributed by atoms with Gasteiger partial charge in [0, 0.05) is 23.3 Å². The van der Waals surface area contributed by atoms with E-state index in [4.69, 9.17) is 0 Å². The Kier molecular flexibility index (Phi) is 4.86. The number of hydrogen-bond acceptors (Lipinski definition) is 6. The summed E-state index contributed by atoms with van der Waals surface area (Å²) >= 11 is 0. The Balaban J connectivity index is 1.74. The fourth-order valence-corrected chi connectivity index (χ4v) is 3.63. The summed E-state index contributed by atoms with van der Waals surface area (Å²) in [4.78, 5) is 61.5. The van der Waals surface area contributed by atoms with Crippen LogP contribution < -0.4 is 4.90 Å². The van der Waals surface area contributed by atoms with E-state index in [-0.39, 0.29) is 44.8 Å². The van der Waals surface area contributed by atoms with Gasteiger partial charge in [0.25, 0.3) is 17.5 Å². The molecule has 0 aromatic heterocycles. The maximum Gasteiger partial charge on any atom is 0.336 e. The number of amides is 2. The number of carboxylic acids is 1. The molecule has 4 rings (SSSR count). The number of imide groups is 1. The molecule has 0 bridgehead atoms. The predicted octanol–water partition coefficient (Wildman–Crippen LogP) is 3.63. The van der Waals surface area contributed by atoms with Crippen molar-refractivity contribution < 1.29 is 29.2 Å². The number of nitrogens with zero attached hydrogens (tertiary/aromatic N) is 2. The Morgan fingerprint density at radius 1 is 0.906 bits per heavy atom. The first-order chi connectivity index (χ1) is 15.2. The van der Waals surface area contributed by atoms with E-state index in [1.54, 1.807) is 0 Å². The highest BCUT2D eigenvalue weighted by molar-refractivity contribution is 6.35. The van der Waals surface area contributed by atoms with Crippen LogP contribution in [0.2, 0.25) is 0 Å². The number of nitro groups is 1. The van der Waals surface area contributed by atoms with Crippen molar-refractivity contribution in [2.45, 2.75) is 6.92 Å². The minimum absolute atomic E-state index is 0.00795. The number of hydrogen-bond donors (Lipinski definition) is 1. The number of rotatable bonds is 5. The summed E-state index contributed by atoms with van der Waals surface area (Å²) in [7, 11) is 0. The third-order valence-corrected chi connectivity index (χ3v) is 5.24. The highest BCUT2D eigenvalue weighted by Crippen LogP contribution is 2.33. The van der Waals surface area contributed by atoms with Gasteiger partial charge < -0.3 is 5.11 Å².